The molecule has 148 valence electrons. The molecule has 6 rings (SSSR count). The third-order valence-corrected chi connectivity index (χ3v) is 6.96. The molecule has 0 unspecified atom stereocenters. The van der Waals surface area contributed by atoms with Crippen LogP contribution in [-0.4, -0.2) is 15.0 Å². The lowest BCUT2D eigenvalue weighted by molar-refractivity contribution is 1.07. The van der Waals surface area contributed by atoms with Crippen molar-refractivity contribution in [1.29, 1.82) is 0 Å². The normalized spacial score (nSPS) is 11.5. The molecule has 0 saturated heterocycles. The Labute approximate surface area is 188 Å². The molecule has 0 atom stereocenters. The first-order valence-corrected chi connectivity index (χ1v) is 11.2. The van der Waals surface area contributed by atoms with Gasteiger partial charge in [-0.15, -0.1) is 11.3 Å². The Kier molecular flexibility index (Phi) is 4.23. The summed E-state index contributed by atoms with van der Waals surface area (Å²) in [6, 6.07) is 27.0. The number of hydrogen-bond donors (Lipinski definition) is 0. The van der Waals surface area contributed by atoms with Crippen LogP contribution >= 0.6 is 22.9 Å². The van der Waals surface area contributed by atoms with E-state index in [-0.39, 0.29) is 5.28 Å². The molecule has 3 nitrogen and oxygen atoms in total. The van der Waals surface area contributed by atoms with Crippen LogP contribution in [0.5, 0.6) is 0 Å². The molecule has 0 fully saturated rings. The summed E-state index contributed by atoms with van der Waals surface area (Å²) in [4.78, 5) is 13.7. The maximum absolute atomic E-state index is 6.34. The predicted octanol–water partition coefficient (Wildman–Crippen LogP) is 7.69. The van der Waals surface area contributed by atoms with Crippen LogP contribution < -0.4 is 0 Å². The van der Waals surface area contributed by atoms with E-state index in [1.807, 2.05) is 41.7 Å². The summed E-state index contributed by atoms with van der Waals surface area (Å²) >= 11 is 8.15. The van der Waals surface area contributed by atoms with Crippen LogP contribution in [0.3, 0.4) is 0 Å². The van der Waals surface area contributed by atoms with Crippen LogP contribution in [0.4, 0.5) is 0 Å². The average Bonchev–Trinajstić information content (AvgIpc) is 3.18. The molecule has 6 aromatic rings. The Morgan fingerprint density at radius 1 is 0.710 bits per heavy atom. The fraction of sp³-hybridized carbons (Fsp3) is 0.0385. The third kappa shape index (κ3) is 2.99. The number of fused-ring (bicyclic) bond motifs is 5. The van der Waals surface area contributed by atoms with Gasteiger partial charge in [0.2, 0.25) is 5.28 Å². The van der Waals surface area contributed by atoms with Crippen LogP contribution in [0, 0.1) is 6.92 Å². The minimum absolute atomic E-state index is 0.196. The molecule has 0 N–H and O–H groups in total. The van der Waals surface area contributed by atoms with Gasteiger partial charge in [0.25, 0.3) is 0 Å². The zero-order valence-corrected chi connectivity index (χ0v) is 18.2. The Balaban J connectivity index is 1.68. The standard InChI is InChI=1S/C26H16ClN3S/c1-15-14-20-22-19(25-28-24(29-26(27)30-25)16-8-3-2-4-9-16)12-7-13-21(22)31-23(20)18-11-6-5-10-17(15)18/h2-14H,1H3. The molecule has 0 aliphatic carbocycles. The van der Waals surface area contributed by atoms with Gasteiger partial charge in [-0.25, -0.2) is 4.98 Å². The zero-order valence-electron chi connectivity index (χ0n) is 16.6. The second-order valence-corrected chi connectivity index (χ2v) is 8.90. The molecular formula is C26H16ClN3S. The van der Waals surface area contributed by atoms with E-state index in [1.54, 1.807) is 0 Å². The molecule has 0 radical (unpaired) electrons. The molecule has 5 heteroatoms. The highest BCUT2D eigenvalue weighted by Gasteiger charge is 2.17. The number of thiophene rings is 1. The van der Waals surface area contributed by atoms with Crippen LogP contribution in [-0.2, 0) is 0 Å². The molecule has 31 heavy (non-hydrogen) atoms. The van der Waals surface area contributed by atoms with Crippen molar-refractivity contribution in [3.63, 3.8) is 0 Å². The zero-order chi connectivity index (χ0) is 20.9. The molecule has 0 bridgehead atoms. The summed E-state index contributed by atoms with van der Waals surface area (Å²) in [5, 5.41) is 5.16. The van der Waals surface area contributed by atoms with Gasteiger partial charge >= 0.3 is 0 Å². The molecule has 0 aliphatic heterocycles. The van der Waals surface area contributed by atoms with E-state index in [9.17, 15) is 0 Å². The van der Waals surface area contributed by atoms with Crippen molar-refractivity contribution in [2.45, 2.75) is 6.92 Å². The van der Waals surface area contributed by atoms with Gasteiger partial charge in [-0.2, -0.15) is 9.97 Å². The highest BCUT2D eigenvalue weighted by Crippen LogP contribution is 2.43. The first-order chi connectivity index (χ1) is 15.2. The number of rotatable bonds is 2. The SMILES string of the molecule is Cc1cc2c(sc3cccc(-c4nc(Cl)nc(-c5ccccc5)n4)c32)c2ccccc12. The summed E-state index contributed by atoms with van der Waals surface area (Å²) in [7, 11) is 0. The monoisotopic (exact) mass is 437 g/mol. The highest BCUT2D eigenvalue weighted by molar-refractivity contribution is 7.26. The largest absolute Gasteiger partial charge is 0.226 e. The van der Waals surface area contributed by atoms with Gasteiger partial charge in [-0.05, 0) is 47.0 Å². The minimum Gasteiger partial charge on any atom is -0.208 e. The van der Waals surface area contributed by atoms with Gasteiger partial charge in [-0.3, -0.25) is 0 Å². The number of nitrogens with zero attached hydrogens (tertiary/aromatic N) is 3. The summed E-state index contributed by atoms with van der Waals surface area (Å²) in [5.74, 6) is 1.17. The van der Waals surface area contributed by atoms with Crippen molar-refractivity contribution < 1.29 is 0 Å². The van der Waals surface area contributed by atoms with Crippen LogP contribution in [0.1, 0.15) is 5.56 Å². The lowest BCUT2D eigenvalue weighted by Crippen LogP contribution is -1.97. The topological polar surface area (TPSA) is 38.7 Å². The first kappa shape index (κ1) is 18.4. The van der Waals surface area contributed by atoms with Crippen LogP contribution in [0.15, 0.2) is 78.9 Å². The van der Waals surface area contributed by atoms with E-state index in [1.165, 1.54) is 31.1 Å². The van der Waals surface area contributed by atoms with E-state index in [0.29, 0.717) is 11.6 Å². The number of halogens is 1. The summed E-state index contributed by atoms with van der Waals surface area (Å²) in [6.07, 6.45) is 0. The van der Waals surface area contributed by atoms with Crippen molar-refractivity contribution >= 4 is 53.9 Å². The van der Waals surface area contributed by atoms with Gasteiger partial charge in [-0.1, -0.05) is 66.7 Å². The van der Waals surface area contributed by atoms with Crippen LogP contribution in [0.25, 0.3) is 53.7 Å². The molecule has 0 spiro atoms. The van der Waals surface area contributed by atoms with Crippen molar-refractivity contribution in [2.75, 3.05) is 0 Å². The van der Waals surface area contributed by atoms with E-state index in [4.69, 9.17) is 16.6 Å². The van der Waals surface area contributed by atoms with Gasteiger partial charge < -0.3 is 0 Å². The maximum Gasteiger partial charge on any atom is 0.226 e. The van der Waals surface area contributed by atoms with Gasteiger partial charge in [0.1, 0.15) is 0 Å². The van der Waals surface area contributed by atoms with E-state index >= 15 is 0 Å². The number of benzene rings is 4. The molecular weight excluding hydrogens is 422 g/mol. The van der Waals surface area contributed by atoms with Crippen molar-refractivity contribution in [2.24, 2.45) is 0 Å². The predicted molar refractivity (Wildman–Crippen MR) is 131 cm³/mol. The van der Waals surface area contributed by atoms with Gasteiger partial charge in [0.05, 0.1) is 0 Å². The van der Waals surface area contributed by atoms with Crippen molar-refractivity contribution in [3.8, 4) is 22.8 Å². The fourth-order valence-electron chi connectivity index (χ4n) is 4.20. The van der Waals surface area contributed by atoms with Gasteiger partial charge in [0.15, 0.2) is 11.6 Å². The number of aromatic nitrogens is 3. The molecule has 2 heterocycles. The third-order valence-electron chi connectivity index (χ3n) is 5.59. The lowest BCUT2D eigenvalue weighted by Gasteiger charge is -2.07. The van der Waals surface area contributed by atoms with E-state index in [2.05, 4.69) is 65.4 Å². The van der Waals surface area contributed by atoms with Gasteiger partial charge in [0, 0.05) is 31.3 Å². The Bertz CT molecular complexity index is 1610. The second-order valence-electron chi connectivity index (χ2n) is 7.51. The first-order valence-electron chi connectivity index (χ1n) is 10.00. The van der Waals surface area contributed by atoms with Crippen molar-refractivity contribution in [3.05, 3.63) is 89.7 Å². The fourth-order valence-corrected chi connectivity index (χ4v) is 5.61. The van der Waals surface area contributed by atoms with Crippen molar-refractivity contribution in [1.82, 2.24) is 15.0 Å². The molecule has 0 aliphatic rings. The Morgan fingerprint density at radius 2 is 1.45 bits per heavy atom. The maximum atomic E-state index is 6.34. The molecule has 0 saturated carbocycles. The van der Waals surface area contributed by atoms with Crippen LogP contribution in [0.2, 0.25) is 5.28 Å². The average molecular weight is 438 g/mol. The number of aryl methyl sites for hydroxylation is 1. The smallest absolute Gasteiger partial charge is 0.208 e. The summed E-state index contributed by atoms with van der Waals surface area (Å²) in [6.45, 7) is 2.17. The number of hydrogen-bond acceptors (Lipinski definition) is 4. The van der Waals surface area contributed by atoms with E-state index < -0.39 is 0 Å². The lowest BCUT2D eigenvalue weighted by atomic mass is 9.99. The Morgan fingerprint density at radius 3 is 2.29 bits per heavy atom. The second kappa shape index (κ2) is 7.12. The minimum atomic E-state index is 0.196. The summed E-state index contributed by atoms with van der Waals surface area (Å²) in [5.41, 5.74) is 3.15. The highest BCUT2D eigenvalue weighted by atomic mass is 35.5. The molecule has 0 amide bonds. The molecule has 4 aromatic carbocycles. The van der Waals surface area contributed by atoms with E-state index in [0.717, 1.165) is 16.5 Å². The quantitative estimate of drug-likeness (QED) is 0.278. The molecule has 2 aromatic heterocycles. The summed E-state index contributed by atoms with van der Waals surface area (Å²) < 4.78 is 2.49. The Hall–Kier alpha value is -3.34.